The number of hydrogen-bond donors (Lipinski definition) is 1. The van der Waals surface area contributed by atoms with Crippen molar-refractivity contribution in [3.8, 4) is 5.75 Å². The number of benzene rings is 2. The normalized spacial score (nSPS) is 15.9. The van der Waals surface area contributed by atoms with Crippen molar-refractivity contribution >= 4 is 50.0 Å². The fourth-order valence-corrected chi connectivity index (χ4v) is 5.29. The smallest absolute Gasteiger partial charge is 0.296 e. The van der Waals surface area contributed by atoms with Gasteiger partial charge in [0, 0.05) is 5.02 Å². The van der Waals surface area contributed by atoms with Gasteiger partial charge in [-0.05, 0) is 61.4 Å². The Morgan fingerprint density at radius 2 is 2.06 bits per heavy atom. The van der Waals surface area contributed by atoms with Crippen LogP contribution in [0.3, 0.4) is 0 Å². The van der Waals surface area contributed by atoms with Crippen molar-refractivity contribution in [1.29, 1.82) is 0 Å². The summed E-state index contributed by atoms with van der Waals surface area (Å²) in [4.78, 5) is 32.8. The van der Waals surface area contributed by atoms with E-state index >= 15 is 0 Å². The Morgan fingerprint density at radius 3 is 2.80 bits per heavy atom. The fraction of sp³-hybridized carbons (Fsp3) is 0.192. The van der Waals surface area contributed by atoms with Gasteiger partial charge in [0.1, 0.15) is 11.5 Å². The summed E-state index contributed by atoms with van der Waals surface area (Å²) in [7, 11) is 0. The molecule has 2 aromatic heterocycles. The van der Waals surface area contributed by atoms with E-state index in [1.807, 2.05) is 6.92 Å². The number of halogens is 1. The first kappa shape index (κ1) is 23.1. The third-order valence-electron chi connectivity index (χ3n) is 5.61. The molecule has 178 valence electrons. The maximum absolute atomic E-state index is 13.5. The van der Waals surface area contributed by atoms with Gasteiger partial charge in [-0.2, -0.15) is 0 Å². The average molecular weight is 509 g/mol. The van der Waals surface area contributed by atoms with Gasteiger partial charge in [-0.3, -0.25) is 14.5 Å². The Kier molecular flexibility index (Phi) is 6.08. The van der Waals surface area contributed by atoms with Crippen LogP contribution in [0, 0.1) is 6.92 Å². The second kappa shape index (κ2) is 9.20. The molecule has 0 saturated heterocycles. The Balaban J connectivity index is 1.66. The maximum atomic E-state index is 13.5. The van der Waals surface area contributed by atoms with Crippen LogP contribution in [0.4, 0.5) is 5.13 Å². The third-order valence-corrected chi connectivity index (χ3v) is 6.86. The molecule has 35 heavy (non-hydrogen) atoms. The molecule has 1 aliphatic heterocycles. The van der Waals surface area contributed by atoms with E-state index in [0.29, 0.717) is 39.4 Å². The number of rotatable bonds is 7. The number of amides is 1. The number of nitrogens with zero attached hydrogens (tertiary/aromatic N) is 2. The van der Waals surface area contributed by atoms with E-state index in [0.717, 1.165) is 11.1 Å². The third kappa shape index (κ3) is 4.19. The monoisotopic (exact) mass is 508 g/mol. The van der Waals surface area contributed by atoms with Crippen molar-refractivity contribution in [3.05, 3.63) is 88.0 Å². The minimum atomic E-state index is -0.929. The van der Waals surface area contributed by atoms with Crippen molar-refractivity contribution in [1.82, 2.24) is 4.98 Å². The highest BCUT2D eigenvalue weighted by Crippen LogP contribution is 2.45. The second-order valence-electron chi connectivity index (χ2n) is 8.11. The van der Waals surface area contributed by atoms with Gasteiger partial charge in [-0.15, -0.1) is 0 Å². The molecule has 0 radical (unpaired) electrons. The molecule has 1 amide bonds. The predicted octanol–water partition coefficient (Wildman–Crippen LogP) is 6.42. The first-order valence-corrected chi connectivity index (χ1v) is 12.2. The number of furan rings is 1. The summed E-state index contributed by atoms with van der Waals surface area (Å²) in [6.45, 7) is 4.24. The van der Waals surface area contributed by atoms with Gasteiger partial charge in [-0.25, -0.2) is 4.98 Å². The number of ether oxygens (including phenoxy) is 1. The van der Waals surface area contributed by atoms with Crippen LogP contribution in [-0.4, -0.2) is 28.4 Å². The van der Waals surface area contributed by atoms with Crippen LogP contribution < -0.4 is 9.64 Å². The zero-order valence-corrected chi connectivity index (χ0v) is 20.5. The van der Waals surface area contributed by atoms with E-state index in [2.05, 4.69) is 4.98 Å². The first-order valence-electron chi connectivity index (χ1n) is 11.0. The quantitative estimate of drug-likeness (QED) is 0.289. The molecule has 1 unspecified atom stereocenters. The van der Waals surface area contributed by atoms with Crippen LogP contribution in [0.2, 0.25) is 5.02 Å². The van der Waals surface area contributed by atoms with E-state index in [1.54, 1.807) is 55.5 Å². The topological polar surface area (TPSA) is 92.9 Å². The molecule has 1 aliphatic rings. The van der Waals surface area contributed by atoms with Crippen molar-refractivity contribution in [2.24, 2.45) is 0 Å². The summed E-state index contributed by atoms with van der Waals surface area (Å²) in [5, 5.41) is 11.8. The summed E-state index contributed by atoms with van der Waals surface area (Å²) >= 11 is 7.39. The number of aromatic nitrogens is 1. The summed E-state index contributed by atoms with van der Waals surface area (Å²) in [5.74, 6) is -0.736. The highest BCUT2D eigenvalue weighted by atomic mass is 35.5. The highest BCUT2D eigenvalue weighted by Gasteiger charge is 2.46. The molecule has 0 bridgehead atoms. The number of carbonyl (C=O) groups excluding carboxylic acids is 2. The standard InChI is InChI=1S/C26H21ClN2O5S/c1-3-11-33-17-6-4-5-15(12-17)22-21(23(30)19-10-7-14(2)34-19)24(31)25(32)29(22)26-28-18-9-8-16(27)13-20(18)35-26/h4-10,12-13,22,31H,3,11H2,1-2H3. The number of Topliss-reactive ketones (excluding diaryl/α,β-unsaturated/α-hetero) is 1. The molecular weight excluding hydrogens is 488 g/mol. The molecule has 5 rings (SSSR count). The van der Waals surface area contributed by atoms with Crippen molar-refractivity contribution in [2.45, 2.75) is 26.3 Å². The number of thiazole rings is 1. The van der Waals surface area contributed by atoms with Crippen molar-refractivity contribution in [2.75, 3.05) is 11.5 Å². The lowest BCUT2D eigenvalue weighted by Crippen LogP contribution is -2.31. The van der Waals surface area contributed by atoms with Gasteiger partial charge in [0.15, 0.2) is 16.7 Å². The second-order valence-corrected chi connectivity index (χ2v) is 9.55. The molecule has 4 aromatic rings. The summed E-state index contributed by atoms with van der Waals surface area (Å²) < 4.78 is 12.1. The van der Waals surface area contributed by atoms with Gasteiger partial charge < -0.3 is 14.3 Å². The number of hydrogen-bond acceptors (Lipinski definition) is 7. The SMILES string of the molecule is CCCOc1cccc(C2C(C(=O)c3ccc(C)o3)=C(O)C(=O)N2c2nc3ccc(Cl)cc3s2)c1. The minimum absolute atomic E-state index is 0.0400. The van der Waals surface area contributed by atoms with Crippen LogP contribution in [0.25, 0.3) is 10.2 Å². The first-order chi connectivity index (χ1) is 16.9. The van der Waals surface area contributed by atoms with Gasteiger partial charge >= 0.3 is 0 Å². The number of aryl methyl sites for hydroxylation is 1. The number of ketones is 1. The average Bonchev–Trinajstić information content (AvgIpc) is 3.53. The minimum Gasteiger partial charge on any atom is -0.503 e. The molecule has 0 aliphatic carbocycles. The van der Waals surface area contributed by atoms with Gasteiger partial charge in [0.05, 0.1) is 28.4 Å². The van der Waals surface area contributed by atoms with Crippen LogP contribution >= 0.6 is 22.9 Å². The van der Waals surface area contributed by atoms with Gasteiger partial charge in [-0.1, -0.05) is 42.0 Å². The zero-order chi connectivity index (χ0) is 24.7. The molecule has 9 heteroatoms. The van der Waals surface area contributed by atoms with E-state index in [-0.39, 0.29) is 11.3 Å². The van der Waals surface area contributed by atoms with E-state index in [4.69, 9.17) is 20.8 Å². The number of anilines is 1. The maximum Gasteiger partial charge on any atom is 0.296 e. The molecule has 0 fully saturated rings. The summed E-state index contributed by atoms with van der Waals surface area (Å²) in [6.07, 6.45) is 0.828. The van der Waals surface area contributed by atoms with Crippen LogP contribution in [0.1, 0.15) is 41.3 Å². The zero-order valence-electron chi connectivity index (χ0n) is 18.9. The van der Waals surface area contributed by atoms with Crippen molar-refractivity contribution in [3.63, 3.8) is 0 Å². The Hall–Kier alpha value is -3.62. The van der Waals surface area contributed by atoms with E-state index < -0.39 is 23.5 Å². The Labute approximate surface area is 210 Å². The van der Waals surface area contributed by atoms with Gasteiger partial charge in [0.25, 0.3) is 5.91 Å². The number of aliphatic hydroxyl groups excluding tert-OH is 1. The highest BCUT2D eigenvalue weighted by molar-refractivity contribution is 7.22. The Bertz CT molecular complexity index is 1490. The molecule has 2 aromatic carbocycles. The number of fused-ring (bicyclic) bond motifs is 1. The molecular formula is C26H21ClN2O5S. The lowest BCUT2D eigenvalue weighted by molar-refractivity contribution is -0.117. The number of aliphatic hydroxyl groups is 1. The molecule has 1 N–H and O–H groups in total. The lowest BCUT2D eigenvalue weighted by atomic mass is 9.95. The van der Waals surface area contributed by atoms with Crippen LogP contribution in [0.5, 0.6) is 5.75 Å². The summed E-state index contributed by atoms with van der Waals surface area (Å²) in [5.41, 5.74) is 1.18. The molecule has 3 heterocycles. The number of carbonyl (C=O) groups is 2. The van der Waals surface area contributed by atoms with Crippen molar-refractivity contribution < 1.29 is 23.8 Å². The van der Waals surface area contributed by atoms with E-state index in [9.17, 15) is 14.7 Å². The summed E-state index contributed by atoms with van der Waals surface area (Å²) in [6, 6.07) is 14.6. The molecule has 1 atom stereocenters. The molecule has 0 spiro atoms. The van der Waals surface area contributed by atoms with Crippen LogP contribution in [-0.2, 0) is 4.79 Å². The Morgan fingerprint density at radius 1 is 1.23 bits per heavy atom. The molecule has 7 nitrogen and oxygen atoms in total. The largest absolute Gasteiger partial charge is 0.503 e. The fourth-order valence-electron chi connectivity index (χ4n) is 4.02. The lowest BCUT2D eigenvalue weighted by Gasteiger charge is -2.24. The predicted molar refractivity (Wildman–Crippen MR) is 135 cm³/mol. The van der Waals surface area contributed by atoms with Gasteiger partial charge in [0.2, 0.25) is 5.78 Å². The van der Waals surface area contributed by atoms with Crippen LogP contribution in [0.15, 0.2) is 70.3 Å². The molecule has 0 saturated carbocycles. The van der Waals surface area contributed by atoms with E-state index in [1.165, 1.54) is 22.3 Å².